The molecule has 0 amide bonds. The van der Waals surface area contributed by atoms with Gasteiger partial charge in [-0.05, 0) is 24.1 Å². The van der Waals surface area contributed by atoms with Crippen LogP contribution in [0.2, 0.25) is 0 Å². The van der Waals surface area contributed by atoms with Gasteiger partial charge >= 0.3 is 0 Å². The first kappa shape index (κ1) is 14.1. The summed E-state index contributed by atoms with van der Waals surface area (Å²) in [6.45, 7) is 6.49. The van der Waals surface area contributed by atoms with Crippen LogP contribution in [-0.2, 0) is 13.6 Å². The van der Waals surface area contributed by atoms with Crippen LogP contribution in [0.1, 0.15) is 19.4 Å². The van der Waals surface area contributed by atoms with Crippen molar-refractivity contribution in [2.24, 2.45) is 13.0 Å². The van der Waals surface area contributed by atoms with Crippen LogP contribution in [0.3, 0.4) is 0 Å². The summed E-state index contributed by atoms with van der Waals surface area (Å²) in [6.07, 6.45) is 2.22. The summed E-state index contributed by atoms with van der Waals surface area (Å²) in [4.78, 5) is 0. The zero-order chi connectivity index (χ0) is 11.5. The minimum atomic E-state index is 0. The van der Waals surface area contributed by atoms with E-state index >= 15 is 0 Å². The number of nitrogens with one attached hydrogen (secondary N) is 1. The molecular weight excluding hydrogens is 232 g/mol. The van der Waals surface area contributed by atoms with Crippen molar-refractivity contribution in [1.82, 2.24) is 9.88 Å². The maximum Gasteiger partial charge on any atom is 0.0481 e. The maximum atomic E-state index is 3.49. The molecule has 2 nitrogen and oxygen atoms in total. The second kappa shape index (κ2) is 6.08. The minimum Gasteiger partial charge on any atom is -0.350 e. The molecule has 0 atom stereocenters. The molecular formula is C14H21ClN2. The number of fused-ring (bicyclic) bond motifs is 1. The SMILES string of the molecule is CC(C)CNCc1cn(C)c2ccccc12.Cl. The summed E-state index contributed by atoms with van der Waals surface area (Å²) in [7, 11) is 2.11. The quantitative estimate of drug-likeness (QED) is 0.883. The predicted molar refractivity (Wildman–Crippen MR) is 76.7 cm³/mol. The van der Waals surface area contributed by atoms with Crippen molar-refractivity contribution in [2.75, 3.05) is 6.54 Å². The van der Waals surface area contributed by atoms with Gasteiger partial charge in [0.05, 0.1) is 0 Å². The van der Waals surface area contributed by atoms with Crippen LogP contribution < -0.4 is 5.32 Å². The number of hydrogen-bond donors (Lipinski definition) is 1. The van der Waals surface area contributed by atoms with Gasteiger partial charge in [0.25, 0.3) is 0 Å². The van der Waals surface area contributed by atoms with Gasteiger partial charge in [-0.2, -0.15) is 0 Å². The van der Waals surface area contributed by atoms with Crippen LogP contribution in [0, 0.1) is 5.92 Å². The Morgan fingerprint density at radius 2 is 1.94 bits per heavy atom. The van der Waals surface area contributed by atoms with Gasteiger partial charge in [-0.15, -0.1) is 12.4 Å². The average molecular weight is 253 g/mol. The van der Waals surface area contributed by atoms with Gasteiger partial charge in [-0.1, -0.05) is 32.0 Å². The lowest BCUT2D eigenvalue weighted by Gasteiger charge is -2.06. The molecule has 0 saturated heterocycles. The van der Waals surface area contributed by atoms with E-state index in [-0.39, 0.29) is 12.4 Å². The van der Waals surface area contributed by atoms with E-state index in [1.807, 2.05) is 0 Å². The highest BCUT2D eigenvalue weighted by atomic mass is 35.5. The number of rotatable bonds is 4. The van der Waals surface area contributed by atoms with Crippen molar-refractivity contribution in [2.45, 2.75) is 20.4 Å². The molecule has 1 heterocycles. The third kappa shape index (κ3) is 3.24. The van der Waals surface area contributed by atoms with Crippen molar-refractivity contribution in [3.63, 3.8) is 0 Å². The molecule has 0 aliphatic carbocycles. The lowest BCUT2D eigenvalue weighted by atomic mass is 10.1. The normalized spacial score (nSPS) is 10.8. The van der Waals surface area contributed by atoms with E-state index in [1.165, 1.54) is 16.5 Å². The maximum absolute atomic E-state index is 3.49. The molecule has 1 aromatic heterocycles. The summed E-state index contributed by atoms with van der Waals surface area (Å²) in [6, 6.07) is 8.56. The second-order valence-corrected chi connectivity index (χ2v) is 4.81. The standard InChI is InChI=1S/C14H20N2.ClH/c1-11(2)8-15-9-12-10-16(3)14-7-5-4-6-13(12)14;/h4-7,10-11,15H,8-9H2,1-3H3;1H. The molecule has 0 radical (unpaired) electrons. The smallest absolute Gasteiger partial charge is 0.0481 e. The number of hydrogen-bond acceptors (Lipinski definition) is 1. The molecule has 2 aromatic rings. The van der Waals surface area contributed by atoms with Crippen LogP contribution in [0.15, 0.2) is 30.5 Å². The van der Waals surface area contributed by atoms with Crippen molar-refractivity contribution in [1.29, 1.82) is 0 Å². The van der Waals surface area contributed by atoms with Crippen molar-refractivity contribution < 1.29 is 0 Å². The molecule has 1 N–H and O–H groups in total. The minimum absolute atomic E-state index is 0. The van der Waals surface area contributed by atoms with E-state index in [2.05, 4.69) is 61.2 Å². The molecule has 0 saturated carbocycles. The first-order valence-electron chi connectivity index (χ1n) is 5.92. The Morgan fingerprint density at radius 3 is 2.65 bits per heavy atom. The van der Waals surface area contributed by atoms with Crippen LogP contribution in [-0.4, -0.2) is 11.1 Å². The number of para-hydroxylation sites is 1. The Morgan fingerprint density at radius 1 is 1.24 bits per heavy atom. The number of aromatic nitrogens is 1. The fourth-order valence-electron chi connectivity index (χ4n) is 2.06. The molecule has 0 fully saturated rings. The average Bonchev–Trinajstić information content (AvgIpc) is 2.57. The molecule has 0 aliphatic rings. The molecule has 0 unspecified atom stereocenters. The highest BCUT2D eigenvalue weighted by Crippen LogP contribution is 2.19. The van der Waals surface area contributed by atoms with Crippen LogP contribution in [0.25, 0.3) is 10.9 Å². The van der Waals surface area contributed by atoms with E-state index in [4.69, 9.17) is 0 Å². The molecule has 2 rings (SSSR count). The van der Waals surface area contributed by atoms with Gasteiger partial charge in [0.15, 0.2) is 0 Å². The summed E-state index contributed by atoms with van der Waals surface area (Å²) in [5.74, 6) is 0.704. The van der Waals surface area contributed by atoms with Crippen LogP contribution in [0.4, 0.5) is 0 Å². The molecule has 1 aromatic carbocycles. The number of halogens is 1. The van der Waals surface area contributed by atoms with Crippen molar-refractivity contribution in [3.8, 4) is 0 Å². The van der Waals surface area contributed by atoms with E-state index in [0.29, 0.717) is 5.92 Å². The number of aryl methyl sites for hydroxylation is 1. The lowest BCUT2D eigenvalue weighted by molar-refractivity contribution is 0.553. The van der Waals surface area contributed by atoms with Gasteiger partial charge in [0.1, 0.15) is 0 Å². The fourth-order valence-corrected chi connectivity index (χ4v) is 2.06. The van der Waals surface area contributed by atoms with Gasteiger partial charge in [0.2, 0.25) is 0 Å². The molecule has 94 valence electrons. The summed E-state index contributed by atoms with van der Waals surface area (Å²) in [5.41, 5.74) is 2.70. The predicted octanol–water partition coefficient (Wildman–Crippen LogP) is 3.35. The Kier molecular flexibility index (Phi) is 5.03. The van der Waals surface area contributed by atoms with E-state index in [1.54, 1.807) is 0 Å². The first-order valence-corrected chi connectivity index (χ1v) is 5.92. The van der Waals surface area contributed by atoms with Crippen LogP contribution >= 0.6 is 12.4 Å². The summed E-state index contributed by atoms with van der Waals surface area (Å²) < 4.78 is 2.20. The van der Waals surface area contributed by atoms with Crippen molar-refractivity contribution >= 4 is 23.3 Å². The first-order chi connectivity index (χ1) is 7.68. The van der Waals surface area contributed by atoms with E-state index in [9.17, 15) is 0 Å². The third-order valence-electron chi connectivity index (χ3n) is 2.85. The Labute approximate surface area is 109 Å². The molecule has 0 spiro atoms. The number of benzene rings is 1. The van der Waals surface area contributed by atoms with Crippen LogP contribution in [0.5, 0.6) is 0 Å². The Balaban J connectivity index is 0.00000144. The highest BCUT2D eigenvalue weighted by molar-refractivity contribution is 5.85. The van der Waals surface area contributed by atoms with E-state index in [0.717, 1.165) is 13.1 Å². The Bertz CT molecular complexity index is 474. The second-order valence-electron chi connectivity index (χ2n) is 4.81. The monoisotopic (exact) mass is 252 g/mol. The highest BCUT2D eigenvalue weighted by Gasteiger charge is 2.05. The molecule has 0 bridgehead atoms. The van der Waals surface area contributed by atoms with E-state index < -0.39 is 0 Å². The molecule has 17 heavy (non-hydrogen) atoms. The summed E-state index contributed by atoms with van der Waals surface area (Å²) >= 11 is 0. The largest absolute Gasteiger partial charge is 0.350 e. The van der Waals surface area contributed by atoms with Crippen molar-refractivity contribution in [3.05, 3.63) is 36.0 Å². The Hall–Kier alpha value is -0.990. The zero-order valence-corrected chi connectivity index (χ0v) is 11.6. The van der Waals surface area contributed by atoms with Gasteiger partial charge in [-0.3, -0.25) is 0 Å². The molecule has 3 heteroatoms. The fraction of sp³-hybridized carbons (Fsp3) is 0.429. The third-order valence-corrected chi connectivity index (χ3v) is 2.85. The van der Waals surface area contributed by atoms with Gasteiger partial charge in [-0.25, -0.2) is 0 Å². The lowest BCUT2D eigenvalue weighted by Crippen LogP contribution is -2.18. The topological polar surface area (TPSA) is 17.0 Å². The number of nitrogens with zero attached hydrogens (tertiary/aromatic N) is 1. The zero-order valence-electron chi connectivity index (χ0n) is 10.7. The van der Waals surface area contributed by atoms with Gasteiger partial charge in [0, 0.05) is 30.7 Å². The van der Waals surface area contributed by atoms with Gasteiger partial charge < -0.3 is 9.88 Å². The molecule has 0 aliphatic heterocycles. The summed E-state index contributed by atoms with van der Waals surface area (Å²) in [5, 5.41) is 4.86.